The van der Waals surface area contributed by atoms with Crippen LogP contribution in [0.3, 0.4) is 0 Å². The van der Waals surface area contributed by atoms with Gasteiger partial charge in [0.15, 0.2) is 0 Å². The van der Waals surface area contributed by atoms with Crippen molar-refractivity contribution in [1.82, 2.24) is 0 Å². The lowest BCUT2D eigenvalue weighted by molar-refractivity contribution is -0.181. The van der Waals surface area contributed by atoms with Gasteiger partial charge in [-0.3, -0.25) is 0 Å². The standard InChI is InChI=1S/C12H18O2/c1-3-9(2)11(13)14-12-6-4-5-10(7-12)8-12/h10H,2-8H2,1H3. The predicted molar refractivity (Wildman–Crippen MR) is 54.8 cm³/mol. The second-order valence-corrected chi connectivity index (χ2v) is 4.70. The van der Waals surface area contributed by atoms with Gasteiger partial charge in [-0.15, -0.1) is 0 Å². The van der Waals surface area contributed by atoms with E-state index >= 15 is 0 Å². The summed E-state index contributed by atoms with van der Waals surface area (Å²) in [7, 11) is 0. The minimum atomic E-state index is -0.173. The van der Waals surface area contributed by atoms with Crippen LogP contribution in [0, 0.1) is 5.92 Å². The molecule has 0 amide bonds. The van der Waals surface area contributed by atoms with Crippen LogP contribution < -0.4 is 0 Å². The highest BCUT2D eigenvalue weighted by Gasteiger charge is 2.50. The third kappa shape index (κ3) is 1.58. The van der Waals surface area contributed by atoms with Crippen LogP contribution in [0.1, 0.15) is 45.4 Å². The number of ether oxygens (including phenoxy) is 1. The van der Waals surface area contributed by atoms with E-state index in [1.54, 1.807) is 0 Å². The summed E-state index contributed by atoms with van der Waals surface area (Å²) in [6, 6.07) is 0. The first kappa shape index (κ1) is 9.75. The van der Waals surface area contributed by atoms with E-state index in [1.165, 1.54) is 12.8 Å². The molecule has 0 spiro atoms. The summed E-state index contributed by atoms with van der Waals surface area (Å²) in [5.41, 5.74) is 0.520. The van der Waals surface area contributed by atoms with Gasteiger partial charge in [0.2, 0.25) is 0 Å². The van der Waals surface area contributed by atoms with Crippen molar-refractivity contribution in [2.24, 2.45) is 5.92 Å². The first-order chi connectivity index (χ1) is 6.65. The highest BCUT2D eigenvalue weighted by molar-refractivity contribution is 5.88. The van der Waals surface area contributed by atoms with Crippen LogP contribution >= 0.6 is 0 Å². The molecular formula is C12H18O2. The molecule has 78 valence electrons. The van der Waals surface area contributed by atoms with Crippen molar-refractivity contribution in [3.05, 3.63) is 12.2 Å². The first-order valence-electron chi connectivity index (χ1n) is 5.56. The third-order valence-electron chi connectivity index (χ3n) is 3.59. The molecule has 0 radical (unpaired) electrons. The van der Waals surface area contributed by atoms with Gasteiger partial charge in [-0.05, 0) is 38.0 Å². The molecule has 0 heterocycles. The smallest absolute Gasteiger partial charge is 0.333 e. The molecular weight excluding hydrogens is 176 g/mol. The normalized spacial score (nSPS) is 34.5. The number of esters is 1. The molecule has 0 aromatic rings. The maximum Gasteiger partial charge on any atom is 0.333 e. The highest BCUT2D eigenvalue weighted by atomic mass is 16.6. The molecule has 3 aliphatic rings. The van der Waals surface area contributed by atoms with Gasteiger partial charge in [0.25, 0.3) is 0 Å². The van der Waals surface area contributed by atoms with E-state index in [4.69, 9.17) is 4.74 Å². The number of carbonyl (C=O) groups is 1. The average Bonchev–Trinajstić information content (AvgIpc) is 2.16. The second kappa shape index (κ2) is 3.41. The van der Waals surface area contributed by atoms with Crippen molar-refractivity contribution in [1.29, 1.82) is 0 Å². The molecule has 0 unspecified atom stereocenters. The molecule has 3 rings (SSSR count). The molecule has 2 bridgehead atoms. The fourth-order valence-electron chi connectivity index (χ4n) is 2.66. The van der Waals surface area contributed by atoms with Crippen LogP contribution in [0.4, 0.5) is 0 Å². The summed E-state index contributed by atoms with van der Waals surface area (Å²) >= 11 is 0. The minimum absolute atomic E-state index is 0.0852. The van der Waals surface area contributed by atoms with Gasteiger partial charge in [-0.25, -0.2) is 4.79 Å². The molecule has 3 aliphatic carbocycles. The fourth-order valence-corrected chi connectivity index (χ4v) is 2.66. The summed E-state index contributed by atoms with van der Waals surface area (Å²) in [6.45, 7) is 5.65. The van der Waals surface area contributed by atoms with E-state index in [0.717, 1.165) is 25.2 Å². The van der Waals surface area contributed by atoms with Crippen molar-refractivity contribution in [3.63, 3.8) is 0 Å². The lowest BCUT2D eigenvalue weighted by Crippen LogP contribution is -2.50. The zero-order valence-electron chi connectivity index (χ0n) is 8.84. The summed E-state index contributed by atoms with van der Waals surface area (Å²) in [5.74, 6) is 0.652. The van der Waals surface area contributed by atoms with E-state index in [1.807, 2.05) is 6.92 Å². The van der Waals surface area contributed by atoms with Crippen molar-refractivity contribution in [2.75, 3.05) is 0 Å². The molecule has 3 saturated carbocycles. The average molecular weight is 194 g/mol. The molecule has 2 heteroatoms. The van der Waals surface area contributed by atoms with E-state index in [2.05, 4.69) is 6.58 Å². The molecule has 0 atom stereocenters. The molecule has 0 N–H and O–H groups in total. The maximum absolute atomic E-state index is 11.6. The maximum atomic E-state index is 11.6. The third-order valence-corrected chi connectivity index (χ3v) is 3.59. The summed E-state index contributed by atoms with van der Waals surface area (Å²) in [4.78, 5) is 11.6. The zero-order chi connectivity index (χ0) is 10.2. The lowest BCUT2D eigenvalue weighted by Gasteiger charge is -2.51. The van der Waals surface area contributed by atoms with Gasteiger partial charge >= 0.3 is 5.97 Å². The van der Waals surface area contributed by atoms with E-state index < -0.39 is 0 Å². The first-order valence-corrected chi connectivity index (χ1v) is 5.56. The van der Waals surface area contributed by atoms with Crippen LogP contribution in [0.25, 0.3) is 0 Å². The monoisotopic (exact) mass is 194 g/mol. The molecule has 14 heavy (non-hydrogen) atoms. The quantitative estimate of drug-likeness (QED) is 0.510. The molecule has 2 nitrogen and oxygen atoms in total. The van der Waals surface area contributed by atoms with Crippen LogP contribution in [-0.2, 0) is 9.53 Å². The van der Waals surface area contributed by atoms with Gasteiger partial charge in [0, 0.05) is 5.57 Å². The largest absolute Gasteiger partial charge is 0.456 e. The molecule has 0 aromatic heterocycles. The Kier molecular flexibility index (Phi) is 2.38. The topological polar surface area (TPSA) is 26.3 Å². The Labute approximate surface area is 85.3 Å². The zero-order valence-corrected chi connectivity index (χ0v) is 8.84. The summed E-state index contributed by atoms with van der Waals surface area (Å²) in [5, 5.41) is 0. The Morgan fingerprint density at radius 2 is 2.29 bits per heavy atom. The van der Waals surface area contributed by atoms with Crippen LogP contribution in [0.2, 0.25) is 0 Å². The second-order valence-electron chi connectivity index (χ2n) is 4.70. The molecule has 0 aromatic carbocycles. The minimum Gasteiger partial charge on any atom is -0.456 e. The molecule has 0 aliphatic heterocycles. The Balaban J connectivity index is 1.91. The number of rotatable bonds is 3. The van der Waals surface area contributed by atoms with E-state index in [-0.39, 0.29) is 11.6 Å². The fraction of sp³-hybridized carbons (Fsp3) is 0.750. The van der Waals surface area contributed by atoms with E-state index in [0.29, 0.717) is 12.0 Å². The number of fused-ring (bicyclic) bond motifs is 2. The van der Waals surface area contributed by atoms with Crippen LogP contribution in [0.5, 0.6) is 0 Å². The van der Waals surface area contributed by atoms with Crippen molar-refractivity contribution in [2.45, 2.75) is 51.0 Å². The van der Waals surface area contributed by atoms with Gasteiger partial charge < -0.3 is 4.74 Å². The van der Waals surface area contributed by atoms with E-state index in [9.17, 15) is 4.79 Å². The van der Waals surface area contributed by atoms with Crippen LogP contribution in [0.15, 0.2) is 12.2 Å². The van der Waals surface area contributed by atoms with Crippen LogP contribution in [-0.4, -0.2) is 11.6 Å². The Hall–Kier alpha value is -0.790. The summed E-state index contributed by atoms with van der Waals surface area (Å²) < 4.78 is 5.56. The lowest BCUT2D eigenvalue weighted by atomic mass is 9.61. The van der Waals surface area contributed by atoms with Crippen molar-refractivity contribution < 1.29 is 9.53 Å². The van der Waals surface area contributed by atoms with Crippen molar-refractivity contribution in [3.8, 4) is 0 Å². The number of hydrogen-bond acceptors (Lipinski definition) is 2. The van der Waals surface area contributed by atoms with Crippen molar-refractivity contribution >= 4 is 5.97 Å². The Morgan fingerprint density at radius 1 is 1.57 bits per heavy atom. The Bertz CT molecular complexity index is 256. The van der Waals surface area contributed by atoms with Gasteiger partial charge in [-0.2, -0.15) is 0 Å². The summed E-state index contributed by atoms with van der Waals surface area (Å²) in [6.07, 6.45) is 6.49. The predicted octanol–water partition coefficient (Wildman–Crippen LogP) is 2.83. The van der Waals surface area contributed by atoms with Gasteiger partial charge in [0.1, 0.15) is 5.60 Å². The number of hydrogen-bond donors (Lipinski definition) is 0. The van der Waals surface area contributed by atoms with Gasteiger partial charge in [0.05, 0.1) is 0 Å². The Morgan fingerprint density at radius 3 is 2.79 bits per heavy atom. The van der Waals surface area contributed by atoms with Gasteiger partial charge in [-0.1, -0.05) is 19.9 Å². The number of carbonyl (C=O) groups excluding carboxylic acids is 1. The molecule has 3 fully saturated rings. The SMILES string of the molecule is C=C(CC)C(=O)OC12CCCC(C1)C2. The highest BCUT2D eigenvalue weighted by Crippen LogP contribution is 2.51. The molecule has 0 saturated heterocycles.